The van der Waals surface area contributed by atoms with Gasteiger partial charge in [-0.15, -0.1) is 0 Å². The minimum atomic E-state index is -1.21. The lowest BCUT2D eigenvalue weighted by molar-refractivity contribution is -0.0766. The molecular weight excluding hydrogens is 749 g/mol. The Bertz CT molecular complexity index is 2110. The van der Waals surface area contributed by atoms with Gasteiger partial charge in [0.2, 0.25) is 0 Å². The van der Waals surface area contributed by atoms with Crippen molar-refractivity contribution < 1.29 is 30.6 Å². The zero-order valence-electron chi connectivity index (χ0n) is 36.1. The van der Waals surface area contributed by atoms with Gasteiger partial charge in [-0.3, -0.25) is 0 Å². The number of hydrogen-bond donors (Lipinski definition) is 6. The number of phenolic OH excluding ortho intramolecular Hbond substituents is 4. The Morgan fingerprint density at radius 3 is 0.867 bits per heavy atom. The van der Waals surface area contributed by atoms with Gasteiger partial charge in [0.05, 0.1) is 23.6 Å². The Balaban J connectivity index is 1.44. The minimum Gasteiger partial charge on any atom is -0.507 e. The largest absolute Gasteiger partial charge is 0.507 e. The van der Waals surface area contributed by atoms with Crippen LogP contribution in [0.3, 0.4) is 0 Å². The topological polar surface area (TPSA) is 128 Å². The highest BCUT2D eigenvalue weighted by Gasteiger charge is 2.53. The molecule has 60 heavy (non-hydrogen) atoms. The molecule has 6 aromatic rings. The van der Waals surface area contributed by atoms with E-state index in [2.05, 4.69) is 37.5 Å². The first kappa shape index (κ1) is 43.2. The molecule has 320 valence electrons. The Morgan fingerprint density at radius 1 is 0.383 bits per heavy atom. The maximum atomic E-state index is 12.7. The van der Waals surface area contributed by atoms with Crippen LogP contribution in [0, 0.1) is 0 Å². The number of aliphatic hydroxyl groups excluding tert-OH is 2. The van der Waals surface area contributed by atoms with E-state index in [0.717, 1.165) is 136 Å². The van der Waals surface area contributed by atoms with E-state index in [0.29, 0.717) is 32.7 Å². The molecule has 0 radical (unpaired) electrons. The number of aromatic hydroxyl groups is 4. The van der Waals surface area contributed by atoms with Gasteiger partial charge in [0.25, 0.3) is 0 Å². The molecule has 8 nitrogen and oxygen atoms in total. The number of rotatable bonds is 20. The predicted molar refractivity (Wildman–Crippen MR) is 250 cm³/mol. The van der Waals surface area contributed by atoms with Gasteiger partial charge in [0.1, 0.15) is 23.0 Å². The number of phenols is 4. The van der Waals surface area contributed by atoms with Crippen molar-refractivity contribution in [2.24, 2.45) is 0 Å². The van der Waals surface area contributed by atoms with Crippen molar-refractivity contribution in [3.05, 3.63) is 83.9 Å². The summed E-state index contributed by atoms with van der Waals surface area (Å²) < 4.78 is 0. The van der Waals surface area contributed by atoms with Gasteiger partial charge in [-0.1, -0.05) is 128 Å². The summed E-state index contributed by atoms with van der Waals surface area (Å²) in [4.78, 5) is 4.79. The van der Waals surface area contributed by atoms with Crippen LogP contribution in [-0.2, 0) is 0 Å². The number of hydrogen-bond acceptors (Lipinski definition) is 8. The lowest BCUT2D eigenvalue weighted by atomic mass is 9.60. The third kappa shape index (κ3) is 7.89. The Labute approximate surface area is 355 Å². The first-order valence-electron chi connectivity index (χ1n) is 22.8. The highest BCUT2D eigenvalue weighted by Crippen LogP contribution is 2.59. The highest BCUT2D eigenvalue weighted by atomic mass is 16.3. The molecule has 1 saturated carbocycles. The van der Waals surface area contributed by atoms with E-state index in [9.17, 15) is 30.6 Å². The lowest BCUT2D eigenvalue weighted by Crippen LogP contribution is -2.52. The Morgan fingerprint density at radius 2 is 0.633 bits per heavy atom. The van der Waals surface area contributed by atoms with Crippen LogP contribution < -0.4 is 9.80 Å². The van der Waals surface area contributed by atoms with Gasteiger partial charge >= 0.3 is 0 Å². The fraction of sp³-hybridized carbons (Fsp3) is 0.462. The Hall–Kier alpha value is -4.92. The molecule has 0 aromatic heterocycles. The number of benzene rings is 6. The van der Waals surface area contributed by atoms with Gasteiger partial charge in [0.15, 0.2) is 0 Å². The van der Waals surface area contributed by atoms with Crippen molar-refractivity contribution in [2.45, 2.75) is 129 Å². The molecule has 6 N–H and O–H groups in total. The third-order valence-electron chi connectivity index (χ3n) is 13.2. The molecule has 1 aliphatic carbocycles. The molecule has 0 amide bonds. The normalized spacial score (nSPS) is 17.8. The number of nitrogens with zero attached hydrogens (tertiary/aromatic N) is 2. The number of anilines is 2. The molecule has 0 atom stereocenters. The third-order valence-corrected chi connectivity index (χ3v) is 13.2. The summed E-state index contributed by atoms with van der Waals surface area (Å²) in [6.07, 6.45) is 10.3. The van der Waals surface area contributed by atoms with Crippen LogP contribution in [0.4, 0.5) is 11.4 Å². The van der Waals surface area contributed by atoms with Crippen LogP contribution in [0.25, 0.3) is 43.1 Å². The Kier molecular flexibility index (Phi) is 13.8. The summed E-state index contributed by atoms with van der Waals surface area (Å²) in [7, 11) is 0. The first-order chi connectivity index (χ1) is 29.2. The second-order valence-electron chi connectivity index (χ2n) is 17.2. The molecule has 0 spiro atoms. The summed E-state index contributed by atoms with van der Waals surface area (Å²) in [5.41, 5.74) is 2.87. The number of aliphatic hydroxyl groups is 2. The molecule has 6 aromatic carbocycles. The zero-order valence-corrected chi connectivity index (χ0v) is 36.1. The van der Waals surface area contributed by atoms with Crippen molar-refractivity contribution in [2.75, 3.05) is 36.0 Å². The zero-order chi connectivity index (χ0) is 42.5. The summed E-state index contributed by atoms with van der Waals surface area (Å²) in [6.45, 7) is 12.1. The molecule has 1 aliphatic rings. The summed E-state index contributed by atoms with van der Waals surface area (Å²) >= 11 is 0. The smallest absolute Gasteiger partial charge is 0.123 e. The quantitative estimate of drug-likeness (QED) is 0.0332. The molecule has 0 aliphatic heterocycles. The van der Waals surface area contributed by atoms with E-state index in [1.165, 1.54) is 0 Å². The molecule has 0 saturated heterocycles. The minimum absolute atomic E-state index is 0.0144. The van der Waals surface area contributed by atoms with Crippen molar-refractivity contribution in [3.63, 3.8) is 0 Å². The van der Waals surface area contributed by atoms with E-state index in [1.54, 1.807) is 24.3 Å². The molecule has 0 unspecified atom stereocenters. The van der Waals surface area contributed by atoms with E-state index in [1.807, 2.05) is 48.5 Å². The molecule has 8 heteroatoms. The fourth-order valence-corrected chi connectivity index (χ4v) is 10.2. The average molecular weight is 815 g/mol. The second kappa shape index (κ2) is 19.2. The van der Waals surface area contributed by atoms with E-state index < -0.39 is 24.0 Å². The van der Waals surface area contributed by atoms with Crippen LogP contribution in [0.5, 0.6) is 23.0 Å². The van der Waals surface area contributed by atoms with Crippen LogP contribution in [-0.4, -0.2) is 69.0 Å². The first-order valence-corrected chi connectivity index (χ1v) is 22.8. The maximum Gasteiger partial charge on any atom is 0.123 e. The van der Waals surface area contributed by atoms with Crippen LogP contribution >= 0.6 is 0 Å². The highest BCUT2D eigenvalue weighted by molar-refractivity contribution is 6.19. The monoisotopic (exact) mass is 814 g/mol. The average Bonchev–Trinajstić information content (AvgIpc) is 3.23. The lowest BCUT2D eigenvalue weighted by Gasteiger charge is -2.48. The summed E-state index contributed by atoms with van der Waals surface area (Å²) in [6, 6.07) is 21.9. The summed E-state index contributed by atoms with van der Waals surface area (Å²) in [5, 5.41) is 77.9. The van der Waals surface area contributed by atoms with Crippen LogP contribution in [0.1, 0.15) is 128 Å². The van der Waals surface area contributed by atoms with Gasteiger partial charge in [-0.25, -0.2) is 0 Å². The van der Waals surface area contributed by atoms with Gasteiger partial charge in [-0.05, 0) is 61.1 Å². The fourth-order valence-electron chi connectivity index (χ4n) is 10.2. The van der Waals surface area contributed by atoms with E-state index >= 15 is 0 Å². The van der Waals surface area contributed by atoms with Crippen molar-refractivity contribution in [1.29, 1.82) is 0 Å². The van der Waals surface area contributed by atoms with E-state index in [-0.39, 0.29) is 23.0 Å². The number of fused-ring (bicyclic) bond motifs is 4. The van der Waals surface area contributed by atoms with Crippen molar-refractivity contribution >= 4 is 54.5 Å². The van der Waals surface area contributed by atoms with Gasteiger partial charge in [0, 0.05) is 81.1 Å². The second-order valence-corrected chi connectivity index (χ2v) is 17.2. The van der Waals surface area contributed by atoms with Crippen LogP contribution in [0.2, 0.25) is 0 Å². The van der Waals surface area contributed by atoms with Gasteiger partial charge in [-0.2, -0.15) is 0 Å². The molecule has 1 fully saturated rings. The van der Waals surface area contributed by atoms with E-state index in [4.69, 9.17) is 0 Å². The molecular formula is C52H66N2O6. The number of unbranched alkanes of at least 4 members (excludes halogenated alkanes) is 8. The SMILES string of the molecule is CCCCCN(CCCCC)c1c2cccc(O)c2c(C2C(O)C(c3c4c(O)cccc4c(N(CCCCC)CCCCC)c4cccc(O)c34)C2O)c2c(O)cccc12. The molecule has 0 bridgehead atoms. The van der Waals surface area contributed by atoms with Gasteiger partial charge < -0.3 is 40.4 Å². The predicted octanol–water partition coefficient (Wildman–Crippen LogP) is 12.1. The standard InChI is InChI=1S/C52H66N2O6/c1-5-9-13-29-53(30-14-10-6-2)49-33-21-17-25-37(55)41(33)45(42-34(49)22-18-26-38(42)56)47-51(59)48(52(47)60)46-43-35(23-19-27-39(43)57)50(36-24-20-28-40(58)44(36)46)54(31-15-11-7-3)32-16-12-8-4/h17-28,47-48,51-52,55-60H,5-16,29-32H2,1-4H3. The van der Waals surface area contributed by atoms with Crippen LogP contribution in [0.15, 0.2) is 72.8 Å². The van der Waals surface area contributed by atoms with Crippen molar-refractivity contribution in [1.82, 2.24) is 0 Å². The van der Waals surface area contributed by atoms with Crippen molar-refractivity contribution in [3.8, 4) is 23.0 Å². The molecule has 7 rings (SSSR count). The molecule has 0 heterocycles. The maximum absolute atomic E-state index is 12.7. The summed E-state index contributed by atoms with van der Waals surface area (Å²) in [5.74, 6) is -1.77.